The van der Waals surface area contributed by atoms with Gasteiger partial charge in [0.15, 0.2) is 11.9 Å². The second-order valence-electron chi connectivity index (χ2n) is 12.0. The van der Waals surface area contributed by atoms with E-state index >= 15 is 0 Å². The molecule has 11 nitrogen and oxygen atoms in total. The first-order valence-electron chi connectivity index (χ1n) is 14.1. The standard InChI is InChI=1S/C33H37N5O6/c1-32(2,3)44-31(43)37-33(4,5)30(42)35-25(18-21-15-16-22-11-9-10-14-24(22)17-21)28(39)36-26-19-38(20-34-26)27(29(40)41)23-12-7-6-8-13-23/h6-17,19-20,25,27H,18H2,1-5H3,(H,35,42)(H,36,39)(H,37,43)(H,40,41). The predicted octanol–water partition coefficient (Wildman–Crippen LogP) is 4.68. The Morgan fingerprint density at radius 1 is 0.909 bits per heavy atom. The van der Waals surface area contributed by atoms with Crippen LogP contribution in [0, 0.1) is 0 Å². The number of hydrogen-bond donors (Lipinski definition) is 4. The highest BCUT2D eigenvalue weighted by Crippen LogP contribution is 2.21. The van der Waals surface area contributed by atoms with Crippen molar-refractivity contribution >= 4 is 40.5 Å². The minimum Gasteiger partial charge on any atom is -0.479 e. The van der Waals surface area contributed by atoms with E-state index in [1.807, 2.05) is 42.5 Å². The summed E-state index contributed by atoms with van der Waals surface area (Å²) in [5.41, 5.74) is -0.853. The van der Waals surface area contributed by atoms with Gasteiger partial charge in [-0.15, -0.1) is 0 Å². The smallest absolute Gasteiger partial charge is 0.408 e. The Labute approximate surface area is 255 Å². The highest BCUT2D eigenvalue weighted by molar-refractivity contribution is 5.99. The Kier molecular flexibility index (Phi) is 9.37. The van der Waals surface area contributed by atoms with Crippen LogP contribution in [0.5, 0.6) is 0 Å². The molecule has 0 radical (unpaired) electrons. The summed E-state index contributed by atoms with van der Waals surface area (Å²) in [7, 11) is 0. The molecular weight excluding hydrogens is 562 g/mol. The summed E-state index contributed by atoms with van der Waals surface area (Å²) in [4.78, 5) is 55.7. The normalized spacial score (nSPS) is 13.0. The summed E-state index contributed by atoms with van der Waals surface area (Å²) < 4.78 is 6.69. The van der Waals surface area contributed by atoms with E-state index in [1.165, 1.54) is 30.9 Å². The van der Waals surface area contributed by atoms with Crippen molar-refractivity contribution in [1.82, 2.24) is 20.2 Å². The molecule has 11 heteroatoms. The number of hydrogen-bond acceptors (Lipinski definition) is 6. The third kappa shape index (κ3) is 8.21. The van der Waals surface area contributed by atoms with Gasteiger partial charge in [0.1, 0.15) is 17.2 Å². The minimum absolute atomic E-state index is 0.112. The average Bonchev–Trinajstić information content (AvgIpc) is 3.39. The zero-order chi connectivity index (χ0) is 32.1. The number of benzene rings is 3. The van der Waals surface area contributed by atoms with Gasteiger partial charge in [-0.05, 0) is 56.5 Å². The molecular formula is C33H37N5O6. The van der Waals surface area contributed by atoms with Crippen molar-refractivity contribution in [3.63, 3.8) is 0 Å². The lowest BCUT2D eigenvalue weighted by Gasteiger charge is -2.29. The molecule has 3 amide bonds. The van der Waals surface area contributed by atoms with Crippen LogP contribution in [0.15, 0.2) is 85.3 Å². The lowest BCUT2D eigenvalue weighted by atomic mass is 9.99. The van der Waals surface area contributed by atoms with Crippen LogP contribution in [-0.4, -0.2) is 55.7 Å². The van der Waals surface area contributed by atoms with E-state index in [0.29, 0.717) is 5.56 Å². The van der Waals surface area contributed by atoms with E-state index in [1.54, 1.807) is 51.1 Å². The number of nitrogens with one attached hydrogen (secondary N) is 3. The van der Waals surface area contributed by atoms with Crippen molar-refractivity contribution in [2.24, 2.45) is 0 Å². The fourth-order valence-electron chi connectivity index (χ4n) is 4.60. The molecule has 230 valence electrons. The molecule has 0 spiro atoms. The number of fused-ring (bicyclic) bond motifs is 1. The molecule has 4 rings (SSSR count). The molecule has 0 saturated heterocycles. The first-order chi connectivity index (χ1) is 20.7. The Hall–Kier alpha value is -5.19. The number of aliphatic carboxylic acids is 1. The molecule has 0 saturated carbocycles. The molecule has 0 fully saturated rings. The summed E-state index contributed by atoms with van der Waals surface area (Å²) in [6, 6.07) is 20.1. The number of imidazole rings is 1. The molecule has 44 heavy (non-hydrogen) atoms. The summed E-state index contributed by atoms with van der Waals surface area (Å²) >= 11 is 0. The Morgan fingerprint density at radius 3 is 2.23 bits per heavy atom. The van der Waals surface area contributed by atoms with Crippen LogP contribution < -0.4 is 16.0 Å². The largest absolute Gasteiger partial charge is 0.479 e. The van der Waals surface area contributed by atoms with E-state index in [0.717, 1.165) is 16.3 Å². The van der Waals surface area contributed by atoms with Crippen molar-refractivity contribution in [3.8, 4) is 0 Å². The molecule has 1 aromatic heterocycles. The van der Waals surface area contributed by atoms with Crippen LogP contribution in [-0.2, 0) is 25.5 Å². The molecule has 2 unspecified atom stereocenters. The quantitative estimate of drug-likeness (QED) is 0.207. The molecule has 3 aromatic carbocycles. The minimum atomic E-state index is -1.42. The zero-order valence-electron chi connectivity index (χ0n) is 25.3. The summed E-state index contributed by atoms with van der Waals surface area (Å²) in [6.07, 6.45) is 2.11. The van der Waals surface area contributed by atoms with Gasteiger partial charge in [0.05, 0.1) is 6.33 Å². The zero-order valence-corrected chi connectivity index (χ0v) is 25.3. The maximum Gasteiger partial charge on any atom is 0.408 e. The average molecular weight is 600 g/mol. The summed E-state index contributed by atoms with van der Waals surface area (Å²) in [5.74, 6) is -2.16. The lowest BCUT2D eigenvalue weighted by molar-refractivity contribution is -0.139. The molecule has 4 N–H and O–H groups in total. The first kappa shape index (κ1) is 31.7. The molecule has 0 aliphatic rings. The number of alkyl carbamates (subject to hydrolysis) is 1. The number of carbonyl (C=O) groups is 4. The van der Waals surface area contributed by atoms with Gasteiger partial charge in [0.25, 0.3) is 0 Å². The number of carboxylic acids is 1. The number of aromatic nitrogens is 2. The van der Waals surface area contributed by atoms with Crippen LogP contribution in [0.1, 0.15) is 51.8 Å². The Morgan fingerprint density at radius 2 is 1.57 bits per heavy atom. The Balaban J connectivity index is 1.56. The lowest BCUT2D eigenvalue weighted by Crippen LogP contribution is -2.59. The number of amides is 3. The van der Waals surface area contributed by atoms with Crippen molar-refractivity contribution in [2.45, 2.75) is 64.3 Å². The van der Waals surface area contributed by atoms with Gasteiger partial charge >= 0.3 is 12.1 Å². The van der Waals surface area contributed by atoms with Gasteiger partial charge in [-0.1, -0.05) is 72.8 Å². The molecule has 0 aliphatic heterocycles. The van der Waals surface area contributed by atoms with Crippen LogP contribution in [0.3, 0.4) is 0 Å². The van der Waals surface area contributed by atoms with E-state index in [-0.39, 0.29) is 12.2 Å². The van der Waals surface area contributed by atoms with Crippen LogP contribution in [0.4, 0.5) is 10.6 Å². The number of nitrogens with zero attached hydrogens (tertiary/aromatic N) is 2. The van der Waals surface area contributed by atoms with Gasteiger partial charge < -0.3 is 30.4 Å². The van der Waals surface area contributed by atoms with Gasteiger partial charge in [0.2, 0.25) is 11.8 Å². The third-order valence-corrected chi connectivity index (χ3v) is 6.76. The molecule has 0 aliphatic carbocycles. The number of carboxylic acid groups (broad SMARTS) is 1. The molecule has 0 bridgehead atoms. The van der Waals surface area contributed by atoms with Crippen molar-refractivity contribution in [2.75, 3.05) is 5.32 Å². The van der Waals surface area contributed by atoms with Crippen LogP contribution in [0.2, 0.25) is 0 Å². The maximum atomic E-state index is 13.6. The van der Waals surface area contributed by atoms with Crippen molar-refractivity contribution < 1.29 is 29.0 Å². The fraction of sp³-hybridized carbons (Fsp3) is 0.303. The fourth-order valence-corrected chi connectivity index (χ4v) is 4.60. The van der Waals surface area contributed by atoms with Gasteiger partial charge in [0, 0.05) is 12.6 Å². The highest BCUT2D eigenvalue weighted by atomic mass is 16.6. The third-order valence-electron chi connectivity index (χ3n) is 6.76. The number of anilines is 1. The number of carbonyl (C=O) groups excluding carboxylic acids is 3. The topological polar surface area (TPSA) is 152 Å². The number of ether oxygens (including phenoxy) is 1. The Bertz CT molecular complexity index is 1660. The monoisotopic (exact) mass is 599 g/mol. The number of rotatable bonds is 10. The predicted molar refractivity (Wildman–Crippen MR) is 166 cm³/mol. The molecule has 2 atom stereocenters. The van der Waals surface area contributed by atoms with E-state index in [9.17, 15) is 24.3 Å². The van der Waals surface area contributed by atoms with Gasteiger partial charge in [-0.2, -0.15) is 0 Å². The first-order valence-corrected chi connectivity index (χ1v) is 14.1. The highest BCUT2D eigenvalue weighted by Gasteiger charge is 2.35. The van der Waals surface area contributed by atoms with Crippen molar-refractivity contribution in [1.29, 1.82) is 0 Å². The maximum absolute atomic E-state index is 13.6. The second kappa shape index (κ2) is 13.0. The van der Waals surface area contributed by atoms with Crippen LogP contribution >= 0.6 is 0 Å². The summed E-state index contributed by atoms with van der Waals surface area (Å²) in [6.45, 7) is 8.15. The van der Waals surface area contributed by atoms with Gasteiger partial charge in [-0.3, -0.25) is 9.59 Å². The van der Waals surface area contributed by atoms with Crippen LogP contribution in [0.25, 0.3) is 10.8 Å². The van der Waals surface area contributed by atoms with Gasteiger partial charge in [-0.25, -0.2) is 14.6 Å². The van der Waals surface area contributed by atoms with Crippen molar-refractivity contribution in [3.05, 3.63) is 96.4 Å². The molecule has 1 heterocycles. The summed E-state index contributed by atoms with van der Waals surface area (Å²) in [5, 5.41) is 19.9. The van der Waals surface area contributed by atoms with E-state index in [2.05, 4.69) is 20.9 Å². The van der Waals surface area contributed by atoms with E-state index in [4.69, 9.17) is 4.74 Å². The van der Waals surface area contributed by atoms with E-state index < -0.39 is 47.1 Å². The SMILES string of the molecule is CC(C)(C)OC(=O)NC(C)(C)C(=O)NC(Cc1ccc2ccccc2c1)C(=O)Nc1cn(C(C(=O)O)c2ccccc2)cn1. The molecule has 4 aromatic rings. The second-order valence-corrected chi connectivity index (χ2v) is 12.0.